The number of ether oxygens (including phenoxy) is 1. The molecule has 2 aromatic rings. The van der Waals surface area contributed by atoms with E-state index in [1.165, 1.54) is 18.2 Å². The quantitative estimate of drug-likeness (QED) is 0.756. The first kappa shape index (κ1) is 19.3. The molecule has 7 heteroatoms. The molecule has 0 aromatic heterocycles. The average molecular weight is 413 g/mol. The van der Waals surface area contributed by atoms with Crippen LogP contribution in [0, 0.1) is 11.6 Å². The number of nitrogens with one attached hydrogen (secondary N) is 1. The second kappa shape index (κ2) is 8.92. The van der Waals surface area contributed by atoms with Crippen LogP contribution in [0.1, 0.15) is 11.6 Å². The van der Waals surface area contributed by atoms with Crippen LogP contribution in [0.15, 0.2) is 46.9 Å². The van der Waals surface area contributed by atoms with Crippen LogP contribution in [0.3, 0.4) is 0 Å². The highest BCUT2D eigenvalue weighted by molar-refractivity contribution is 9.10. The Labute approximate surface area is 153 Å². The fraction of sp³-hybridized carbons (Fsp3) is 0.278. The summed E-state index contributed by atoms with van der Waals surface area (Å²) in [5.41, 5.74) is -0.0679. The Morgan fingerprint density at radius 3 is 2.32 bits per heavy atom. The smallest absolute Gasteiger partial charge is 0.258 e. The zero-order valence-electron chi connectivity index (χ0n) is 13.9. The van der Waals surface area contributed by atoms with Crippen molar-refractivity contribution < 1.29 is 18.3 Å². The molecule has 4 nitrogen and oxygen atoms in total. The van der Waals surface area contributed by atoms with Gasteiger partial charge in [0.05, 0.1) is 6.04 Å². The number of rotatable bonds is 7. The van der Waals surface area contributed by atoms with E-state index in [9.17, 15) is 13.6 Å². The number of carbonyl (C=O) groups excluding carboxylic acids is 1. The summed E-state index contributed by atoms with van der Waals surface area (Å²) >= 11 is 3.31. The number of nitrogens with zero attached hydrogens (tertiary/aromatic N) is 1. The van der Waals surface area contributed by atoms with Crippen LogP contribution in [-0.2, 0) is 4.79 Å². The SMILES string of the molecule is CN(C)C(CNC(=O)COc1ccc(Br)cc1)c1c(F)cccc1F. The van der Waals surface area contributed by atoms with Crippen molar-refractivity contribution in [2.75, 3.05) is 27.2 Å². The van der Waals surface area contributed by atoms with E-state index in [-0.39, 0.29) is 24.6 Å². The molecule has 2 rings (SSSR count). The Morgan fingerprint density at radius 1 is 1.16 bits per heavy atom. The van der Waals surface area contributed by atoms with Crippen LogP contribution in [-0.4, -0.2) is 38.1 Å². The van der Waals surface area contributed by atoms with Gasteiger partial charge in [-0.2, -0.15) is 0 Å². The zero-order chi connectivity index (χ0) is 18.4. The van der Waals surface area contributed by atoms with Crippen molar-refractivity contribution in [3.05, 3.63) is 64.1 Å². The first-order valence-electron chi connectivity index (χ1n) is 7.64. The highest BCUT2D eigenvalue weighted by Crippen LogP contribution is 2.23. The summed E-state index contributed by atoms with van der Waals surface area (Å²) in [5, 5.41) is 2.65. The predicted molar refractivity (Wildman–Crippen MR) is 95.4 cm³/mol. The number of carbonyl (C=O) groups is 1. The van der Waals surface area contributed by atoms with Gasteiger partial charge in [-0.3, -0.25) is 4.79 Å². The summed E-state index contributed by atoms with van der Waals surface area (Å²) in [6.45, 7) is -0.116. The summed E-state index contributed by atoms with van der Waals surface area (Å²) in [6.07, 6.45) is 0. The van der Waals surface area contributed by atoms with Crippen molar-refractivity contribution in [1.82, 2.24) is 10.2 Å². The molecule has 0 saturated carbocycles. The van der Waals surface area contributed by atoms with E-state index in [1.807, 2.05) is 0 Å². The summed E-state index contributed by atoms with van der Waals surface area (Å²) in [5.74, 6) is -1.09. The largest absolute Gasteiger partial charge is 0.484 e. The normalized spacial score (nSPS) is 12.1. The monoisotopic (exact) mass is 412 g/mol. The third-order valence-electron chi connectivity index (χ3n) is 3.63. The van der Waals surface area contributed by atoms with E-state index >= 15 is 0 Å². The predicted octanol–water partition coefficient (Wildman–Crippen LogP) is 3.53. The lowest BCUT2D eigenvalue weighted by Gasteiger charge is -2.25. The van der Waals surface area contributed by atoms with E-state index < -0.39 is 17.7 Å². The Morgan fingerprint density at radius 2 is 1.76 bits per heavy atom. The molecule has 2 aromatic carbocycles. The van der Waals surface area contributed by atoms with Gasteiger partial charge in [0, 0.05) is 16.6 Å². The van der Waals surface area contributed by atoms with Gasteiger partial charge < -0.3 is 15.0 Å². The first-order valence-corrected chi connectivity index (χ1v) is 8.43. The molecule has 1 unspecified atom stereocenters. The molecule has 0 aliphatic heterocycles. The number of halogens is 3. The minimum Gasteiger partial charge on any atom is -0.484 e. The van der Waals surface area contributed by atoms with E-state index in [2.05, 4.69) is 21.2 Å². The van der Waals surface area contributed by atoms with Crippen molar-refractivity contribution >= 4 is 21.8 Å². The maximum atomic E-state index is 14.0. The van der Waals surface area contributed by atoms with Crippen LogP contribution in [0.25, 0.3) is 0 Å². The van der Waals surface area contributed by atoms with Gasteiger partial charge in [-0.05, 0) is 50.5 Å². The molecule has 1 N–H and O–H groups in total. The maximum absolute atomic E-state index is 14.0. The molecule has 25 heavy (non-hydrogen) atoms. The van der Waals surface area contributed by atoms with Crippen molar-refractivity contribution in [2.45, 2.75) is 6.04 Å². The fourth-order valence-electron chi connectivity index (χ4n) is 2.31. The molecule has 0 bridgehead atoms. The van der Waals surface area contributed by atoms with Crippen molar-refractivity contribution in [2.24, 2.45) is 0 Å². The lowest BCUT2D eigenvalue weighted by atomic mass is 10.0. The highest BCUT2D eigenvalue weighted by atomic mass is 79.9. The molecule has 0 heterocycles. The summed E-state index contributed by atoms with van der Waals surface area (Å²) < 4.78 is 34.2. The van der Waals surface area contributed by atoms with E-state index in [1.54, 1.807) is 43.3 Å². The van der Waals surface area contributed by atoms with Crippen LogP contribution < -0.4 is 10.1 Å². The Hall–Kier alpha value is -1.99. The summed E-state index contributed by atoms with van der Waals surface area (Å²) in [6, 6.07) is 10.2. The van der Waals surface area contributed by atoms with Gasteiger partial charge in [0.25, 0.3) is 5.91 Å². The van der Waals surface area contributed by atoms with Crippen molar-refractivity contribution in [3.63, 3.8) is 0 Å². The van der Waals surface area contributed by atoms with E-state index in [0.29, 0.717) is 5.75 Å². The fourth-order valence-corrected chi connectivity index (χ4v) is 2.58. The van der Waals surface area contributed by atoms with Crippen molar-refractivity contribution in [1.29, 1.82) is 0 Å². The van der Waals surface area contributed by atoms with Crippen LogP contribution in [0.2, 0.25) is 0 Å². The van der Waals surface area contributed by atoms with Gasteiger partial charge in [0.2, 0.25) is 0 Å². The number of likely N-dealkylation sites (N-methyl/N-ethyl adjacent to an activating group) is 1. The Balaban J connectivity index is 1.94. The Kier molecular flexibility index (Phi) is 6.90. The molecular formula is C18H19BrF2N2O2. The van der Waals surface area contributed by atoms with Crippen molar-refractivity contribution in [3.8, 4) is 5.75 Å². The third-order valence-corrected chi connectivity index (χ3v) is 4.16. The molecule has 1 atom stereocenters. The lowest BCUT2D eigenvalue weighted by molar-refractivity contribution is -0.123. The van der Waals surface area contributed by atoms with Gasteiger partial charge in [-0.1, -0.05) is 22.0 Å². The van der Waals surface area contributed by atoms with Gasteiger partial charge in [-0.25, -0.2) is 8.78 Å². The third kappa shape index (κ3) is 5.51. The molecule has 0 fully saturated rings. The Bertz CT molecular complexity index is 703. The topological polar surface area (TPSA) is 41.6 Å². The minimum absolute atomic E-state index is 0.0629. The second-order valence-electron chi connectivity index (χ2n) is 5.66. The standard InChI is InChI=1S/C18H19BrF2N2O2/c1-23(2)16(18-14(20)4-3-5-15(18)21)10-22-17(24)11-25-13-8-6-12(19)7-9-13/h3-9,16H,10-11H2,1-2H3,(H,22,24). The molecule has 134 valence electrons. The average Bonchev–Trinajstić information content (AvgIpc) is 2.56. The maximum Gasteiger partial charge on any atom is 0.258 e. The molecular weight excluding hydrogens is 394 g/mol. The molecule has 0 spiro atoms. The summed E-state index contributed by atoms with van der Waals surface area (Å²) in [4.78, 5) is 13.6. The molecule has 0 radical (unpaired) electrons. The number of hydrogen-bond donors (Lipinski definition) is 1. The van der Waals surface area contributed by atoms with Crippen LogP contribution >= 0.6 is 15.9 Å². The van der Waals surface area contributed by atoms with Gasteiger partial charge in [0.15, 0.2) is 6.61 Å². The number of amides is 1. The first-order chi connectivity index (χ1) is 11.9. The van der Waals surface area contributed by atoms with Gasteiger partial charge in [-0.15, -0.1) is 0 Å². The summed E-state index contributed by atoms with van der Waals surface area (Å²) in [7, 11) is 3.39. The molecule has 1 amide bonds. The number of benzene rings is 2. The van der Waals surface area contributed by atoms with E-state index in [4.69, 9.17) is 4.74 Å². The number of hydrogen-bond acceptors (Lipinski definition) is 3. The molecule has 0 aliphatic rings. The highest BCUT2D eigenvalue weighted by Gasteiger charge is 2.22. The van der Waals surface area contributed by atoms with Gasteiger partial charge >= 0.3 is 0 Å². The van der Waals surface area contributed by atoms with Crippen LogP contribution in [0.5, 0.6) is 5.75 Å². The minimum atomic E-state index is -0.640. The molecule has 0 saturated heterocycles. The molecule has 0 aliphatic carbocycles. The second-order valence-corrected chi connectivity index (χ2v) is 6.58. The zero-order valence-corrected chi connectivity index (χ0v) is 15.5. The lowest BCUT2D eigenvalue weighted by Crippen LogP contribution is -2.37. The van der Waals surface area contributed by atoms with E-state index in [0.717, 1.165) is 4.47 Å². The van der Waals surface area contributed by atoms with Crippen LogP contribution in [0.4, 0.5) is 8.78 Å². The van der Waals surface area contributed by atoms with Gasteiger partial charge in [0.1, 0.15) is 17.4 Å².